The van der Waals surface area contributed by atoms with Gasteiger partial charge in [0.05, 0.1) is 6.20 Å². The van der Waals surface area contributed by atoms with Crippen molar-refractivity contribution in [1.29, 1.82) is 0 Å². The monoisotopic (exact) mass is 221 g/mol. The van der Waals surface area contributed by atoms with Gasteiger partial charge >= 0.3 is 0 Å². The molecule has 1 aliphatic rings. The van der Waals surface area contributed by atoms with Crippen molar-refractivity contribution in [3.63, 3.8) is 0 Å². The molecule has 0 radical (unpaired) electrons. The highest BCUT2D eigenvalue weighted by molar-refractivity contribution is 5.03. The summed E-state index contributed by atoms with van der Waals surface area (Å²) in [6, 6.07) is 0.378. The van der Waals surface area contributed by atoms with E-state index in [0.29, 0.717) is 6.04 Å². The van der Waals surface area contributed by atoms with Crippen molar-refractivity contribution >= 4 is 0 Å². The molecule has 3 nitrogen and oxygen atoms in total. The summed E-state index contributed by atoms with van der Waals surface area (Å²) < 4.78 is 1.86. The summed E-state index contributed by atoms with van der Waals surface area (Å²) in [5.41, 5.74) is 7.49. The van der Waals surface area contributed by atoms with Crippen LogP contribution in [0.4, 0.5) is 0 Å². The molecular weight excluding hydrogens is 198 g/mol. The number of nitrogens with zero attached hydrogens (tertiary/aromatic N) is 2. The maximum absolute atomic E-state index is 6.18. The van der Waals surface area contributed by atoms with Crippen molar-refractivity contribution in [2.24, 2.45) is 18.7 Å². The van der Waals surface area contributed by atoms with E-state index in [4.69, 9.17) is 5.73 Å². The quantitative estimate of drug-likeness (QED) is 0.829. The molecule has 1 saturated carbocycles. The summed E-state index contributed by atoms with van der Waals surface area (Å²) in [6.07, 6.45) is 13.1. The van der Waals surface area contributed by atoms with Crippen LogP contribution in [-0.2, 0) is 13.5 Å². The number of nitrogens with two attached hydrogens (primary N) is 1. The van der Waals surface area contributed by atoms with E-state index >= 15 is 0 Å². The Morgan fingerprint density at radius 2 is 2.25 bits per heavy atom. The van der Waals surface area contributed by atoms with E-state index in [2.05, 4.69) is 11.3 Å². The van der Waals surface area contributed by atoms with Gasteiger partial charge in [-0.25, -0.2) is 0 Å². The van der Waals surface area contributed by atoms with Crippen LogP contribution >= 0.6 is 0 Å². The number of rotatable bonds is 5. The van der Waals surface area contributed by atoms with Gasteiger partial charge in [-0.05, 0) is 30.7 Å². The third-order valence-corrected chi connectivity index (χ3v) is 3.67. The molecule has 1 heterocycles. The first-order valence-corrected chi connectivity index (χ1v) is 6.47. The second-order valence-corrected chi connectivity index (χ2v) is 5.21. The lowest BCUT2D eigenvalue weighted by molar-refractivity contribution is 0.427. The molecule has 16 heavy (non-hydrogen) atoms. The SMILES string of the molecule is Cn1cc(CCC(N)CC2CCCC2)cn1. The summed E-state index contributed by atoms with van der Waals surface area (Å²) in [4.78, 5) is 0. The van der Waals surface area contributed by atoms with E-state index in [1.165, 1.54) is 37.7 Å². The minimum absolute atomic E-state index is 0.378. The number of aryl methyl sites for hydroxylation is 2. The maximum Gasteiger partial charge on any atom is 0.0521 e. The molecule has 2 rings (SSSR count). The van der Waals surface area contributed by atoms with Crippen LogP contribution in [0.25, 0.3) is 0 Å². The molecule has 1 fully saturated rings. The number of hydrogen-bond acceptors (Lipinski definition) is 2. The van der Waals surface area contributed by atoms with Gasteiger partial charge in [0.25, 0.3) is 0 Å². The van der Waals surface area contributed by atoms with Gasteiger partial charge < -0.3 is 5.73 Å². The van der Waals surface area contributed by atoms with Crippen LogP contribution in [-0.4, -0.2) is 15.8 Å². The van der Waals surface area contributed by atoms with Crippen molar-refractivity contribution in [1.82, 2.24) is 9.78 Å². The van der Waals surface area contributed by atoms with Crippen molar-refractivity contribution in [2.45, 2.75) is 51.0 Å². The Morgan fingerprint density at radius 1 is 1.50 bits per heavy atom. The first kappa shape index (κ1) is 11.6. The van der Waals surface area contributed by atoms with Crippen LogP contribution in [0, 0.1) is 5.92 Å². The molecule has 0 saturated heterocycles. The van der Waals surface area contributed by atoms with Gasteiger partial charge in [0, 0.05) is 19.3 Å². The van der Waals surface area contributed by atoms with Gasteiger partial charge in [-0.15, -0.1) is 0 Å². The molecule has 0 bridgehead atoms. The lowest BCUT2D eigenvalue weighted by Gasteiger charge is -2.15. The fourth-order valence-corrected chi connectivity index (χ4v) is 2.75. The van der Waals surface area contributed by atoms with Crippen molar-refractivity contribution < 1.29 is 0 Å². The van der Waals surface area contributed by atoms with Crippen LogP contribution in [0.15, 0.2) is 12.4 Å². The van der Waals surface area contributed by atoms with Crippen LogP contribution in [0.3, 0.4) is 0 Å². The summed E-state index contributed by atoms with van der Waals surface area (Å²) in [7, 11) is 1.96. The second kappa shape index (κ2) is 5.48. The minimum atomic E-state index is 0.378. The molecule has 1 atom stereocenters. The van der Waals surface area contributed by atoms with Gasteiger partial charge in [-0.2, -0.15) is 5.10 Å². The summed E-state index contributed by atoms with van der Waals surface area (Å²) in [5.74, 6) is 0.906. The molecule has 2 N–H and O–H groups in total. The van der Waals surface area contributed by atoms with Crippen LogP contribution < -0.4 is 5.73 Å². The Labute approximate surface area is 98.0 Å². The average molecular weight is 221 g/mol. The van der Waals surface area contributed by atoms with E-state index in [0.717, 1.165) is 18.8 Å². The standard InChI is InChI=1S/C13H23N3/c1-16-10-12(9-15-16)6-7-13(14)8-11-4-2-3-5-11/h9-11,13H,2-8,14H2,1H3. The van der Waals surface area contributed by atoms with Gasteiger partial charge in [-0.1, -0.05) is 25.7 Å². The molecule has 1 unspecified atom stereocenters. The first-order chi connectivity index (χ1) is 7.74. The molecule has 3 heteroatoms. The fourth-order valence-electron chi connectivity index (χ4n) is 2.75. The predicted molar refractivity (Wildman–Crippen MR) is 66.1 cm³/mol. The van der Waals surface area contributed by atoms with Gasteiger partial charge in [0.1, 0.15) is 0 Å². The Bertz CT molecular complexity index is 313. The Kier molecular flexibility index (Phi) is 3.99. The fraction of sp³-hybridized carbons (Fsp3) is 0.769. The van der Waals surface area contributed by atoms with Gasteiger partial charge in [0.15, 0.2) is 0 Å². The van der Waals surface area contributed by atoms with E-state index in [1.54, 1.807) is 0 Å². The van der Waals surface area contributed by atoms with Crippen LogP contribution in [0.5, 0.6) is 0 Å². The summed E-state index contributed by atoms with van der Waals surface area (Å²) in [6.45, 7) is 0. The minimum Gasteiger partial charge on any atom is -0.328 e. The lowest BCUT2D eigenvalue weighted by Crippen LogP contribution is -2.23. The molecule has 1 aliphatic carbocycles. The maximum atomic E-state index is 6.18. The second-order valence-electron chi connectivity index (χ2n) is 5.21. The largest absolute Gasteiger partial charge is 0.328 e. The molecule has 1 aromatic heterocycles. The molecule has 90 valence electrons. The van der Waals surface area contributed by atoms with E-state index in [9.17, 15) is 0 Å². The predicted octanol–water partition coefficient (Wildman–Crippen LogP) is 2.26. The summed E-state index contributed by atoms with van der Waals surface area (Å²) >= 11 is 0. The Hall–Kier alpha value is -0.830. The molecule has 0 aromatic carbocycles. The molecule has 0 spiro atoms. The van der Waals surface area contributed by atoms with Crippen LogP contribution in [0.2, 0.25) is 0 Å². The lowest BCUT2D eigenvalue weighted by atomic mass is 9.95. The third kappa shape index (κ3) is 3.34. The van der Waals surface area contributed by atoms with Crippen molar-refractivity contribution in [3.05, 3.63) is 18.0 Å². The first-order valence-electron chi connectivity index (χ1n) is 6.47. The van der Waals surface area contributed by atoms with Crippen molar-refractivity contribution in [2.75, 3.05) is 0 Å². The zero-order valence-corrected chi connectivity index (χ0v) is 10.2. The topological polar surface area (TPSA) is 43.8 Å². The van der Waals surface area contributed by atoms with Gasteiger partial charge in [-0.3, -0.25) is 4.68 Å². The number of hydrogen-bond donors (Lipinski definition) is 1. The van der Waals surface area contributed by atoms with E-state index < -0.39 is 0 Å². The average Bonchev–Trinajstić information content (AvgIpc) is 2.87. The molecular formula is C13H23N3. The third-order valence-electron chi connectivity index (χ3n) is 3.67. The zero-order valence-electron chi connectivity index (χ0n) is 10.2. The number of aromatic nitrogens is 2. The van der Waals surface area contributed by atoms with Crippen LogP contribution in [0.1, 0.15) is 44.1 Å². The van der Waals surface area contributed by atoms with E-state index in [1.807, 2.05) is 17.9 Å². The smallest absolute Gasteiger partial charge is 0.0521 e. The zero-order chi connectivity index (χ0) is 11.4. The van der Waals surface area contributed by atoms with E-state index in [-0.39, 0.29) is 0 Å². The molecule has 0 amide bonds. The highest BCUT2D eigenvalue weighted by Gasteiger charge is 2.17. The molecule has 0 aliphatic heterocycles. The Morgan fingerprint density at radius 3 is 2.88 bits per heavy atom. The Balaban J connectivity index is 1.68. The highest BCUT2D eigenvalue weighted by Crippen LogP contribution is 2.28. The highest BCUT2D eigenvalue weighted by atomic mass is 15.2. The van der Waals surface area contributed by atoms with Gasteiger partial charge in [0.2, 0.25) is 0 Å². The molecule has 1 aromatic rings. The summed E-state index contributed by atoms with van der Waals surface area (Å²) in [5, 5.41) is 4.17. The van der Waals surface area contributed by atoms with Crippen molar-refractivity contribution in [3.8, 4) is 0 Å². The normalized spacial score (nSPS) is 19.1.